The Hall–Kier alpha value is -4.10. The molecule has 4 N–H and O–H groups in total. The highest BCUT2D eigenvalue weighted by atomic mass is 16.5. The second kappa shape index (κ2) is 11.7. The summed E-state index contributed by atoms with van der Waals surface area (Å²) in [6.07, 6.45) is 4.25. The number of nitrogens with two attached hydrogens (primary N) is 1. The summed E-state index contributed by atoms with van der Waals surface area (Å²) in [6.45, 7) is 9.94. The van der Waals surface area contributed by atoms with Crippen LogP contribution in [0, 0.1) is 23.7 Å². The van der Waals surface area contributed by atoms with Crippen LogP contribution in [0.5, 0.6) is 0 Å². The molecule has 3 aromatic carbocycles. The summed E-state index contributed by atoms with van der Waals surface area (Å²) in [5.74, 6) is 3.53. The van der Waals surface area contributed by atoms with Gasteiger partial charge in [-0.05, 0) is 54.0 Å². The molecule has 3 aliphatic rings. The summed E-state index contributed by atoms with van der Waals surface area (Å²) in [5.41, 5.74) is 1.33. The number of allylic oxidation sites excluding steroid dienone is 1. The van der Waals surface area contributed by atoms with Crippen molar-refractivity contribution in [3.05, 3.63) is 143 Å². The average molecular weight is 603 g/mol. The van der Waals surface area contributed by atoms with E-state index in [4.69, 9.17) is 10.6 Å². The minimum Gasteiger partial charge on any atom is -0.388 e. The molecular formula is C39H42N2O4. The Morgan fingerprint density at radius 1 is 0.956 bits per heavy atom. The van der Waals surface area contributed by atoms with Crippen molar-refractivity contribution in [3.8, 4) is 0 Å². The number of carbonyl (C=O) groups is 1. The van der Waals surface area contributed by atoms with E-state index in [9.17, 15) is 15.0 Å². The maximum atomic E-state index is 13.7. The SMILES string of the molecule is C=C(C)[C@@H]1/C(=N/N)C[C@@H](C)[C@@]2(O)[C@H]1C=C(COC(c1ccccc1)(c1ccccc1)c1ccccc1)C[C@]1(O)C(=O)C(C)=C[C@@H]21. The minimum atomic E-state index is -1.82. The van der Waals surface area contributed by atoms with Crippen LogP contribution in [-0.2, 0) is 15.1 Å². The van der Waals surface area contributed by atoms with E-state index >= 15 is 0 Å². The van der Waals surface area contributed by atoms with Gasteiger partial charge in [-0.1, -0.05) is 122 Å². The number of aliphatic hydroxyl groups is 2. The Bertz CT molecular complexity index is 1580. The number of benzene rings is 3. The van der Waals surface area contributed by atoms with Crippen LogP contribution in [0.2, 0.25) is 0 Å². The first-order valence-electron chi connectivity index (χ1n) is 15.7. The standard InChI is InChI=1S/C39H42N2O4/c1-25(2)35-32-22-28(23-37(43)34(20-26(3)36(37)42)38(32,44)27(4)21-33(35)41-40)24-45-39(29-14-8-5-9-15-29,30-16-10-6-11-17-30)31-18-12-7-13-19-31/h5-20,22,27,32,34-35,43-44H,1,21,23-24,40H2,2-4H3/b41-33+/t27-,32+,34-,35+,37-,38-/m1/s1. The van der Waals surface area contributed by atoms with Crippen LogP contribution in [0.1, 0.15) is 50.3 Å². The number of ether oxygens (including phenoxy) is 1. The van der Waals surface area contributed by atoms with Gasteiger partial charge in [0, 0.05) is 29.9 Å². The molecule has 232 valence electrons. The lowest BCUT2D eigenvalue weighted by molar-refractivity contribution is -0.164. The van der Waals surface area contributed by atoms with E-state index in [1.165, 1.54) is 0 Å². The van der Waals surface area contributed by atoms with E-state index in [1.807, 2.05) is 74.5 Å². The van der Waals surface area contributed by atoms with Crippen molar-refractivity contribution < 1.29 is 19.7 Å². The van der Waals surface area contributed by atoms with E-state index in [0.717, 1.165) is 33.5 Å². The van der Waals surface area contributed by atoms with Crippen LogP contribution in [0.3, 0.4) is 0 Å². The molecule has 0 heterocycles. The van der Waals surface area contributed by atoms with E-state index in [1.54, 1.807) is 13.0 Å². The zero-order valence-electron chi connectivity index (χ0n) is 26.2. The number of nitrogens with zero attached hydrogens (tertiary/aromatic N) is 1. The third-order valence-electron chi connectivity index (χ3n) is 10.4. The van der Waals surface area contributed by atoms with Gasteiger partial charge in [0.2, 0.25) is 0 Å². The maximum Gasteiger partial charge on any atom is 0.190 e. The Morgan fingerprint density at radius 2 is 1.47 bits per heavy atom. The molecule has 45 heavy (non-hydrogen) atoms. The van der Waals surface area contributed by atoms with Crippen LogP contribution in [-0.4, -0.2) is 39.5 Å². The van der Waals surface area contributed by atoms with E-state index in [0.29, 0.717) is 12.0 Å². The van der Waals surface area contributed by atoms with Crippen molar-refractivity contribution in [2.24, 2.45) is 34.6 Å². The van der Waals surface area contributed by atoms with Crippen LogP contribution in [0.25, 0.3) is 0 Å². The lowest BCUT2D eigenvalue weighted by Crippen LogP contribution is -2.62. The molecule has 6 rings (SSSR count). The molecule has 0 amide bonds. The van der Waals surface area contributed by atoms with Gasteiger partial charge in [-0.2, -0.15) is 5.10 Å². The first-order chi connectivity index (χ1) is 21.6. The summed E-state index contributed by atoms with van der Waals surface area (Å²) < 4.78 is 7.16. The van der Waals surface area contributed by atoms with E-state index in [2.05, 4.69) is 48.1 Å². The van der Waals surface area contributed by atoms with Crippen molar-refractivity contribution >= 4 is 11.5 Å². The number of carbonyl (C=O) groups excluding carboxylic acids is 1. The number of hydrazone groups is 1. The van der Waals surface area contributed by atoms with Crippen molar-refractivity contribution in [3.63, 3.8) is 0 Å². The van der Waals surface area contributed by atoms with Gasteiger partial charge in [0.25, 0.3) is 0 Å². The lowest BCUT2D eigenvalue weighted by atomic mass is 9.56. The van der Waals surface area contributed by atoms with Gasteiger partial charge in [-0.15, -0.1) is 0 Å². The predicted molar refractivity (Wildman–Crippen MR) is 177 cm³/mol. The summed E-state index contributed by atoms with van der Waals surface area (Å²) >= 11 is 0. The Morgan fingerprint density at radius 3 is 1.93 bits per heavy atom. The van der Waals surface area contributed by atoms with Crippen molar-refractivity contribution in [2.75, 3.05) is 6.61 Å². The zero-order valence-corrected chi connectivity index (χ0v) is 26.2. The van der Waals surface area contributed by atoms with Gasteiger partial charge in [0.15, 0.2) is 5.78 Å². The minimum absolute atomic E-state index is 0.0301. The molecule has 3 aromatic rings. The molecule has 6 heteroatoms. The van der Waals surface area contributed by atoms with Gasteiger partial charge < -0.3 is 20.8 Å². The summed E-state index contributed by atoms with van der Waals surface area (Å²) in [5, 5.41) is 29.2. The largest absolute Gasteiger partial charge is 0.388 e. The van der Waals surface area contributed by atoms with Gasteiger partial charge in [0.05, 0.1) is 12.2 Å². The summed E-state index contributed by atoms with van der Waals surface area (Å²) in [7, 11) is 0. The maximum absolute atomic E-state index is 13.7. The van der Waals surface area contributed by atoms with Crippen molar-refractivity contribution in [2.45, 2.75) is 50.4 Å². The van der Waals surface area contributed by atoms with Crippen molar-refractivity contribution in [1.29, 1.82) is 0 Å². The Balaban J connectivity index is 1.53. The highest BCUT2D eigenvalue weighted by Gasteiger charge is 2.64. The summed E-state index contributed by atoms with van der Waals surface area (Å²) in [4.78, 5) is 13.7. The molecule has 0 bridgehead atoms. The predicted octanol–water partition coefficient (Wildman–Crippen LogP) is 6.10. The van der Waals surface area contributed by atoms with E-state index < -0.39 is 28.6 Å². The highest BCUT2D eigenvalue weighted by molar-refractivity contribution is 6.05. The Labute approximate surface area is 265 Å². The smallest absolute Gasteiger partial charge is 0.190 e. The number of ketones is 1. The summed E-state index contributed by atoms with van der Waals surface area (Å²) in [6, 6.07) is 30.3. The molecule has 0 aliphatic heterocycles. The number of rotatable bonds is 7. The second-order valence-electron chi connectivity index (χ2n) is 13.1. The molecule has 0 saturated heterocycles. The molecule has 0 spiro atoms. The number of hydrogen-bond acceptors (Lipinski definition) is 6. The number of Topliss-reactive ketones (excluding diaryl/α,β-unsaturated/α-hetero) is 1. The monoisotopic (exact) mass is 602 g/mol. The third-order valence-corrected chi connectivity index (χ3v) is 10.4. The Kier molecular flexibility index (Phi) is 8.02. The molecule has 3 aliphatic carbocycles. The van der Waals surface area contributed by atoms with E-state index in [-0.39, 0.29) is 30.6 Å². The third kappa shape index (κ3) is 4.83. The fourth-order valence-electron chi connectivity index (χ4n) is 8.25. The zero-order chi connectivity index (χ0) is 32.0. The normalized spacial score (nSPS) is 30.6. The quantitative estimate of drug-likeness (QED) is 0.131. The fraction of sp³-hybridized carbons (Fsp3) is 0.333. The molecule has 0 radical (unpaired) electrons. The van der Waals surface area contributed by atoms with Gasteiger partial charge in [-0.3, -0.25) is 4.79 Å². The molecule has 6 atom stereocenters. The molecule has 6 nitrogen and oxygen atoms in total. The van der Waals surface area contributed by atoms with Crippen molar-refractivity contribution in [1.82, 2.24) is 0 Å². The number of hydrogen-bond donors (Lipinski definition) is 3. The molecule has 1 saturated carbocycles. The molecule has 1 fully saturated rings. The van der Waals surface area contributed by atoms with Crippen LogP contribution >= 0.6 is 0 Å². The first-order valence-corrected chi connectivity index (χ1v) is 15.7. The number of fused-ring (bicyclic) bond motifs is 3. The molecule has 0 aromatic heterocycles. The second-order valence-corrected chi connectivity index (χ2v) is 13.1. The first kappa shape index (κ1) is 30.9. The topological polar surface area (TPSA) is 105 Å². The fourth-order valence-corrected chi connectivity index (χ4v) is 8.25. The van der Waals surface area contributed by atoms with Crippen LogP contribution in [0.4, 0.5) is 0 Å². The highest BCUT2D eigenvalue weighted by Crippen LogP contribution is 2.56. The lowest BCUT2D eigenvalue weighted by Gasteiger charge is -2.52. The van der Waals surface area contributed by atoms with Gasteiger partial charge in [-0.25, -0.2) is 0 Å². The van der Waals surface area contributed by atoms with Gasteiger partial charge >= 0.3 is 0 Å². The average Bonchev–Trinajstić information content (AvgIpc) is 3.22. The molecule has 0 unspecified atom stereocenters. The van der Waals surface area contributed by atoms with Crippen LogP contribution in [0.15, 0.2) is 132 Å². The molecular weight excluding hydrogens is 560 g/mol. The van der Waals surface area contributed by atoms with Crippen LogP contribution < -0.4 is 5.84 Å². The van der Waals surface area contributed by atoms with Gasteiger partial charge in [0.1, 0.15) is 11.2 Å².